The summed E-state index contributed by atoms with van der Waals surface area (Å²) in [7, 11) is -1.32. The lowest BCUT2D eigenvalue weighted by atomic mass is 10.2. The first-order valence-corrected chi connectivity index (χ1v) is 8.87. The Morgan fingerprint density at radius 1 is 1.04 bits per heavy atom. The molecule has 0 aliphatic carbocycles. The van der Waals surface area contributed by atoms with E-state index in [9.17, 15) is 13.2 Å². The Bertz CT molecular complexity index is 807. The number of hydrogen-bond donors (Lipinski definition) is 0. The van der Waals surface area contributed by atoms with Crippen molar-refractivity contribution in [1.82, 2.24) is 4.47 Å². The molecule has 2 aromatic rings. The van der Waals surface area contributed by atoms with E-state index < -0.39 is 16.0 Å². The fourth-order valence-corrected chi connectivity index (χ4v) is 2.94. The molecule has 0 aliphatic heterocycles. The van der Waals surface area contributed by atoms with Gasteiger partial charge in [0.25, 0.3) is 10.0 Å². The molecule has 0 atom stereocenters. The summed E-state index contributed by atoms with van der Waals surface area (Å²) < 4.78 is 35.6. The van der Waals surface area contributed by atoms with Crippen molar-refractivity contribution in [3.05, 3.63) is 60.2 Å². The standard InChI is InChI=1S/C17H19NO6S/c1-18(22-2)25(20,21)16-10-6-7-14(13-16)17(19)24-12-11-23-15-8-4-3-5-9-15/h3-10,13H,11-12H2,1-2H3. The van der Waals surface area contributed by atoms with Crippen molar-refractivity contribution < 1.29 is 27.5 Å². The molecule has 2 aromatic carbocycles. The number of benzene rings is 2. The third-order valence-electron chi connectivity index (χ3n) is 3.29. The van der Waals surface area contributed by atoms with Gasteiger partial charge in [-0.1, -0.05) is 28.7 Å². The number of carbonyl (C=O) groups excluding carboxylic acids is 1. The van der Waals surface area contributed by atoms with E-state index in [-0.39, 0.29) is 23.7 Å². The Morgan fingerprint density at radius 3 is 2.44 bits per heavy atom. The van der Waals surface area contributed by atoms with Crippen LogP contribution in [0.5, 0.6) is 5.75 Å². The van der Waals surface area contributed by atoms with Crippen molar-refractivity contribution in [3.8, 4) is 5.75 Å². The van der Waals surface area contributed by atoms with Gasteiger partial charge in [0, 0.05) is 7.05 Å². The molecule has 0 unspecified atom stereocenters. The molecular weight excluding hydrogens is 346 g/mol. The van der Waals surface area contributed by atoms with Crippen molar-refractivity contribution in [2.75, 3.05) is 27.4 Å². The van der Waals surface area contributed by atoms with E-state index in [4.69, 9.17) is 14.3 Å². The molecule has 0 heterocycles. The average molecular weight is 365 g/mol. The number of nitrogens with zero attached hydrogens (tertiary/aromatic N) is 1. The number of carbonyl (C=O) groups is 1. The van der Waals surface area contributed by atoms with E-state index in [2.05, 4.69) is 0 Å². The van der Waals surface area contributed by atoms with E-state index in [1.165, 1.54) is 38.4 Å². The minimum Gasteiger partial charge on any atom is -0.490 e. The third-order valence-corrected chi connectivity index (χ3v) is 4.97. The van der Waals surface area contributed by atoms with Gasteiger partial charge in [-0.2, -0.15) is 0 Å². The summed E-state index contributed by atoms with van der Waals surface area (Å²) in [6.07, 6.45) is 0. The minimum atomic E-state index is -3.83. The summed E-state index contributed by atoms with van der Waals surface area (Å²) in [5, 5.41) is 0. The highest BCUT2D eigenvalue weighted by molar-refractivity contribution is 7.89. The molecule has 0 fully saturated rings. The fourth-order valence-electron chi connectivity index (χ4n) is 1.92. The van der Waals surface area contributed by atoms with Gasteiger partial charge in [-0.15, -0.1) is 0 Å². The van der Waals surface area contributed by atoms with Crippen LogP contribution in [0.2, 0.25) is 0 Å². The van der Waals surface area contributed by atoms with Gasteiger partial charge in [0.1, 0.15) is 19.0 Å². The average Bonchev–Trinajstić information content (AvgIpc) is 2.65. The minimum absolute atomic E-state index is 0.0443. The van der Waals surface area contributed by atoms with E-state index in [0.717, 1.165) is 0 Å². The molecule has 8 heteroatoms. The molecule has 0 radical (unpaired) electrons. The molecule has 0 bridgehead atoms. The van der Waals surface area contributed by atoms with Gasteiger partial charge in [-0.25, -0.2) is 13.2 Å². The molecule has 0 saturated heterocycles. The Hall–Kier alpha value is -2.42. The summed E-state index contributed by atoms with van der Waals surface area (Å²) in [4.78, 5) is 16.7. The molecule has 2 rings (SSSR count). The van der Waals surface area contributed by atoms with Crippen LogP contribution in [0, 0.1) is 0 Å². The van der Waals surface area contributed by atoms with Crippen molar-refractivity contribution in [1.29, 1.82) is 0 Å². The first-order chi connectivity index (χ1) is 11.9. The fraction of sp³-hybridized carbons (Fsp3) is 0.235. The van der Waals surface area contributed by atoms with Crippen LogP contribution in [0.15, 0.2) is 59.5 Å². The second-order valence-corrected chi connectivity index (χ2v) is 6.86. The van der Waals surface area contributed by atoms with Gasteiger partial charge < -0.3 is 9.47 Å². The van der Waals surface area contributed by atoms with Crippen LogP contribution in [0.25, 0.3) is 0 Å². The Morgan fingerprint density at radius 2 is 1.76 bits per heavy atom. The number of para-hydroxylation sites is 1. The summed E-state index contributed by atoms with van der Waals surface area (Å²) in [5.41, 5.74) is 0.130. The van der Waals surface area contributed by atoms with Gasteiger partial charge in [-0.05, 0) is 30.3 Å². The Kier molecular flexibility index (Phi) is 6.51. The van der Waals surface area contributed by atoms with Crippen LogP contribution >= 0.6 is 0 Å². The van der Waals surface area contributed by atoms with Crippen LogP contribution in [0.1, 0.15) is 10.4 Å². The molecule has 25 heavy (non-hydrogen) atoms. The highest BCUT2D eigenvalue weighted by Gasteiger charge is 2.22. The normalized spacial score (nSPS) is 11.3. The van der Waals surface area contributed by atoms with Gasteiger partial charge in [0.05, 0.1) is 17.6 Å². The SMILES string of the molecule is CON(C)S(=O)(=O)c1cccc(C(=O)OCCOc2ccccc2)c1. The van der Waals surface area contributed by atoms with E-state index in [0.29, 0.717) is 10.2 Å². The predicted octanol–water partition coefficient (Wildman–Crippen LogP) is 2.10. The van der Waals surface area contributed by atoms with Crippen molar-refractivity contribution in [2.24, 2.45) is 0 Å². The van der Waals surface area contributed by atoms with Gasteiger partial charge in [0.15, 0.2) is 0 Å². The number of hydroxylamine groups is 1. The first-order valence-electron chi connectivity index (χ1n) is 7.43. The summed E-state index contributed by atoms with van der Waals surface area (Å²) >= 11 is 0. The maximum Gasteiger partial charge on any atom is 0.338 e. The van der Waals surface area contributed by atoms with E-state index >= 15 is 0 Å². The molecule has 7 nitrogen and oxygen atoms in total. The molecule has 0 aliphatic rings. The van der Waals surface area contributed by atoms with Gasteiger partial charge >= 0.3 is 5.97 Å². The van der Waals surface area contributed by atoms with Crippen molar-refractivity contribution in [2.45, 2.75) is 4.90 Å². The molecule has 0 N–H and O–H groups in total. The Balaban J connectivity index is 1.95. The predicted molar refractivity (Wildman–Crippen MR) is 90.6 cm³/mol. The number of esters is 1. The Labute approximate surface area is 146 Å². The number of ether oxygens (including phenoxy) is 2. The zero-order valence-corrected chi connectivity index (χ0v) is 14.7. The van der Waals surface area contributed by atoms with E-state index in [1.807, 2.05) is 18.2 Å². The summed E-state index contributed by atoms with van der Waals surface area (Å²) in [6, 6.07) is 14.7. The smallest absolute Gasteiger partial charge is 0.338 e. The lowest BCUT2D eigenvalue weighted by molar-refractivity contribution is -0.0258. The molecule has 0 spiro atoms. The second-order valence-electron chi connectivity index (χ2n) is 4.92. The maximum atomic E-state index is 12.2. The van der Waals surface area contributed by atoms with Crippen LogP contribution in [-0.2, 0) is 19.6 Å². The van der Waals surface area contributed by atoms with Crippen LogP contribution in [0.3, 0.4) is 0 Å². The van der Waals surface area contributed by atoms with Crippen molar-refractivity contribution in [3.63, 3.8) is 0 Å². The van der Waals surface area contributed by atoms with E-state index in [1.54, 1.807) is 12.1 Å². The van der Waals surface area contributed by atoms with Gasteiger partial charge in [0.2, 0.25) is 0 Å². The molecule has 0 aromatic heterocycles. The third kappa shape index (κ3) is 5.02. The van der Waals surface area contributed by atoms with Crippen LogP contribution in [-0.4, -0.2) is 46.2 Å². The number of hydrogen-bond acceptors (Lipinski definition) is 6. The molecule has 0 amide bonds. The zero-order chi connectivity index (χ0) is 18.3. The van der Waals surface area contributed by atoms with Crippen molar-refractivity contribution >= 4 is 16.0 Å². The maximum absolute atomic E-state index is 12.2. The van der Waals surface area contributed by atoms with Gasteiger partial charge in [-0.3, -0.25) is 4.84 Å². The molecule has 0 saturated carbocycles. The molecular formula is C17H19NO6S. The summed E-state index contributed by atoms with van der Waals surface area (Å²) in [5.74, 6) is 0.0445. The van der Waals surface area contributed by atoms with Crippen LogP contribution in [0.4, 0.5) is 0 Å². The number of rotatable bonds is 8. The lowest BCUT2D eigenvalue weighted by Gasteiger charge is -2.14. The zero-order valence-electron chi connectivity index (χ0n) is 13.9. The second kappa shape index (κ2) is 8.61. The lowest BCUT2D eigenvalue weighted by Crippen LogP contribution is -2.26. The highest BCUT2D eigenvalue weighted by Crippen LogP contribution is 2.16. The topological polar surface area (TPSA) is 82.1 Å². The number of sulfonamides is 1. The largest absolute Gasteiger partial charge is 0.490 e. The summed E-state index contributed by atoms with van der Waals surface area (Å²) in [6.45, 7) is 0.239. The van der Waals surface area contributed by atoms with Crippen LogP contribution < -0.4 is 4.74 Å². The highest BCUT2D eigenvalue weighted by atomic mass is 32.2. The first kappa shape index (κ1) is 18.9. The quantitative estimate of drug-likeness (QED) is 0.405. The monoisotopic (exact) mass is 365 g/mol. The molecule has 134 valence electrons.